The molecule has 1 fully saturated rings. The highest BCUT2D eigenvalue weighted by Crippen LogP contribution is 2.39. The van der Waals surface area contributed by atoms with Crippen LogP contribution in [0, 0.1) is 0 Å². The molecule has 0 radical (unpaired) electrons. The summed E-state index contributed by atoms with van der Waals surface area (Å²) in [5.74, 6) is 1.20. The number of amides is 2. The lowest BCUT2D eigenvalue weighted by molar-refractivity contribution is -0.134. The number of ether oxygens (including phenoxy) is 1. The SMILES string of the molecule is CCOc1ccc([C@H]2c3[nH]c4ccccc4c3CCN2C(=O)CCCN2CCCC2=O)cc1. The Bertz CT molecular complexity index is 1150. The number of benzene rings is 2. The summed E-state index contributed by atoms with van der Waals surface area (Å²) in [5.41, 5.74) is 4.60. The number of hydrogen-bond acceptors (Lipinski definition) is 3. The molecule has 1 atom stereocenters. The maximum Gasteiger partial charge on any atom is 0.223 e. The van der Waals surface area contributed by atoms with Crippen LogP contribution in [0.4, 0.5) is 0 Å². The van der Waals surface area contributed by atoms with Crippen LogP contribution in [0.1, 0.15) is 55.5 Å². The number of aromatic nitrogens is 1. The van der Waals surface area contributed by atoms with Gasteiger partial charge in [-0.1, -0.05) is 30.3 Å². The highest BCUT2D eigenvalue weighted by Gasteiger charge is 2.34. The smallest absolute Gasteiger partial charge is 0.223 e. The topological polar surface area (TPSA) is 65.6 Å². The first-order chi connectivity index (χ1) is 16.2. The molecule has 0 bridgehead atoms. The molecule has 2 amide bonds. The van der Waals surface area contributed by atoms with Gasteiger partial charge in [0.05, 0.1) is 12.6 Å². The van der Waals surface area contributed by atoms with Crippen LogP contribution < -0.4 is 4.74 Å². The van der Waals surface area contributed by atoms with E-state index in [1.54, 1.807) is 0 Å². The van der Waals surface area contributed by atoms with Gasteiger partial charge in [-0.15, -0.1) is 0 Å². The van der Waals surface area contributed by atoms with E-state index in [0.29, 0.717) is 39.0 Å². The number of rotatable bonds is 7. The van der Waals surface area contributed by atoms with E-state index in [0.717, 1.165) is 41.9 Å². The van der Waals surface area contributed by atoms with Crippen LogP contribution >= 0.6 is 0 Å². The van der Waals surface area contributed by atoms with Gasteiger partial charge in [0.1, 0.15) is 5.75 Å². The number of H-pyrrole nitrogens is 1. The summed E-state index contributed by atoms with van der Waals surface area (Å²) in [6.07, 6.45) is 3.57. The number of fused-ring (bicyclic) bond motifs is 3. The fraction of sp³-hybridized carbons (Fsp3) is 0.407. The second-order valence-corrected chi connectivity index (χ2v) is 8.89. The molecule has 1 aromatic heterocycles. The maximum atomic E-state index is 13.4. The molecule has 1 saturated heterocycles. The van der Waals surface area contributed by atoms with E-state index in [9.17, 15) is 9.59 Å². The van der Waals surface area contributed by atoms with Crippen LogP contribution in [-0.4, -0.2) is 52.8 Å². The Morgan fingerprint density at radius 2 is 1.91 bits per heavy atom. The fourth-order valence-corrected chi connectivity index (χ4v) is 5.27. The zero-order valence-electron chi connectivity index (χ0n) is 19.2. The Kier molecular flexibility index (Phi) is 6.07. The average Bonchev–Trinajstić information content (AvgIpc) is 3.42. The van der Waals surface area contributed by atoms with E-state index in [-0.39, 0.29) is 17.9 Å². The standard InChI is InChI=1S/C27H31N3O3/c1-2-33-20-13-11-19(12-14-20)27-26-22(21-7-3-4-8-23(21)28-26)15-18-30(27)25(32)10-6-17-29-16-5-9-24(29)31/h3-4,7-8,11-14,27-28H,2,5-6,9-10,15-18H2,1H3/t27-/m0/s1. The lowest BCUT2D eigenvalue weighted by Gasteiger charge is -2.36. The fourth-order valence-electron chi connectivity index (χ4n) is 5.27. The van der Waals surface area contributed by atoms with E-state index in [2.05, 4.69) is 35.3 Å². The molecule has 2 aliphatic heterocycles. The van der Waals surface area contributed by atoms with Crippen LogP contribution in [0.3, 0.4) is 0 Å². The molecule has 6 nitrogen and oxygen atoms in total. The van der Waals surface area contributed by atoms with Crippen molar-refractivity contribution in [3.05, 3.63) is 65.4 Å². The molecule has 0 saturated carbocycles. The van der Waals surface area contributed by atoms with Crippen molar-refractivity contribution in [3.63, 3.8) is 0 Å². The van der Waals surface area contributed by atoms with Crippen molar-refractivity contribution in [1.82, 2.24) is 14.8 Å². The number of likely N-dealkylation sites (tertiary alicyclic amines) is 1. The summed E-state index contributed by atoms with van der Waals surface area (Å²) in [6.45, 7) is 4.78. The number of nitrogens with zero attached hydrogens (tertiary/aromatic N) is 2. The highest BCUT2D eigenvalue weighted by atomic mass is 16.5. The van der Waals surface area contributed by atoms with Crippen LogP contribution in [0.15, 0.2) is 48.5 Å². The van der Waals surface area contributed by atoms with Gasteiger partial charge in [0.15, 0.2) is 0 Å². The first-order valence-corrected chi connectivity index (χ1v) is 12.0. The van der Waals surface area contributed by atoms with Crippen molar-refractivity contribution in [1.29, 1.82) is 0 Å². The molecule has 6 heteroatoms. The number of carbonyl (C=O) groups is 2. The lowest BCUT2D eigenvalue weighted by Crippen LogP contribution is -2.40. The van der Waals surface area contributed by atoms with Crippen molar-refractivity contribution in [2.75, 3.05) is 26.2 Å². The molecular formula is C27H31N3O3. The van der Waals surface area contributed by atoms with Gasteiger partial charge < -0.3 is 19.5 Å². The molecule has 0 aliphatic carbocycles. The molecule has 172 valence electrons. The molecule has 0 spiro atoms. The molecule has 33 heavy (non-hydrogen) atoms. The number of hydrogen-bond donors (Lipinski definition) is 1. The Labute approximate surface area is 194 Å². The van der Waals surface area contributed by atoms with Crippen molar-refractivity contribution < 1.29 is 14.3 Å². The Balaban J connectivity index is 1.42. The quantitative estimate of drug-likeness (QED) is 0.585. The number of nitrogens with one attached hydrogen (secondary N) is 1. The monoisotopic (exact) mass is 445 g/mol. The lowest BCUT2D eigenvalue weighted by atomic mass is 9.92. The molecule has 1 N–H and O–H groups in total. The minimum absolute atomic E-state index is 0.143. The zero-order chi connectivity index (χ0) is 22.8. The van der Waals surface area contributed by atoms with Gasteiger partial charge in [0.25, 0.3) is 0 Å². The summed E-state index contributed by atoms with van der Waals surface area (Å²) in [7, 11) is 0. The van der Waals surface area contributed by atoms with Gasteiger partial charge in [0, 0.05) is 49.1 Å². The molecule has 5 rings (SSSR count). The van der Waals surface area contributed by atoms with Gasteiger partial charge in [-0.05, 0) is 55.5 Å². The number of carbonyl (C=O) groups excluding carboxylic acids is 2. The Morgan fingerprint density at radius 3 is 2.67 bits per heavy atom. The zero-order valence-corrected chi connectivity index (χ0v) is 19.2. The van der Waals surface area contributed by atoms with Crippen LogP contribution in [0.2, 0.25) is 0 Å². The minimum atomic E-state index is -0.155. The largest absolute Gasteiger partial charge is 0.494 e. The molecule has 3 aromatic rings. The number of para-hydroxylation sites is 1. The number of aromatic amines is 1. The Hall–Kier alpha value is -3.28. The summed E-state index contributed by atoms with van der Waals surface area (Å²) in [5, 5.41) is 1.24. The third kappa shape index (κ3) is 4.22. The van der Waals surface area contributed by atoms with Crippen LogP contribution in [0.25, 0.3) is 10.9 Å². The van der Waals surface area contributed by atoms with E-state index in [1.807, 2.05) is 34.9 Å². The molecular weight excluding hydrogens is 414 g/mol. The van der Waals surface area contributed by atoms with Gasteiger partial charge >= 0.3 is 0 Å². The molecule has 3 heterocycles. The van der Waals surface area contributed by atoms with Crippen molar-refractivity contribution in [3.8, 4) is 5.75 Å². The Morgan fingerprint density at radius 1 is 1.09 bits per heavy atom. The molecule has 0 unspecified atom stereocenters. The van der Waals surface area contributed by atoms with E-state index in [4.69, 9.17) is 4.74 Å². The van der Waals surface area contributed by atoms with Gasteiger partial charge in [-0.3, -0.25) is 9.59 Å². The van der Waals surface area contributed by atoms with Crippen LogP contribution in [0.5, 0.6) is 5.75 Å². The normalized spacial score (nSPS) is 18.1. The summed E-state index contributed by atoms with van der Waals surface area (Å²) < 4.78 is 5.63. The van der Waals surface area contributed by atoms with Crippen molar-refractivity contribution in [2.45, 2.75) is 45.1 Å². The molecule has 2 aromatic carbocycles. The van der Waals surface area contributed by atoms with Gasteiger partial charge in [-0.25, -0.2) is 0 Å². The summed E-state index contributed by atoms with van der Waals surface area (Å²) in [6, 6.07) is 16.3. The van der Waals surface area contributed by atoms with Gasteiger partial charge in [-0.2, -0.15) is 0 Å². The molecule has 2 aliphatic rings. The minimum Gasteiger partial charge on any atom is -0.494 e. The predicted octanol–water partition coefficient (Wildman–Crippen LogP) is 4.44. The van der Waals surface area contributed by atoms with E-state index in [1.165, 1.54) is 10.9 Å². The predicted molar refractivity (Wildman–Crippen MR) is 128 cm³/mol. The van der Waals surface area contributed by atoms with Crippen LogP contribution in [-0.2, 0) is 16.0 Å². The second-order valence-electron chi connectivity index (χ2n) is 8.89. The second kappa shape index (κ2) is 9.30. The summed E-state index contributed by atoms with van der Waals surface area (Å²) in [4.78, 5) is 32.8. The van der Waals surface area contributed by atoms with E-state index >= 15 is 0 Å². The third-order valence-corrected chi connectivity index (χ3v) is 6.85. The highest BCUT2D eigenvalue weighted by molar-refractivity contribution is 5.86. The van der Waals surface area contributed by atoms with Crippen molar-refractivity contribution >= 4 is 22.7 Å². The van der Waals surface area contributed by atoms with Crippen molar-refractivity contribution in [2.24, 2.45) is 0 Å². The van der Waals surface area contributed by atoms with E-state index < -0.39 is 0 Å². The van der Waals surface area contributed by atoms with Gasteiger partial charge in [0.2, 0.25) is 11.8 Å². The first-order valence-electron chi connectivity index (χ1n) is 12.0. The third-order valence-electron chi connectivity index (χ3n) is 6.85. The maximum absolute atomic E-state index is 13.4. The average molecular weight is 446 g/mol. The first kappa shape index (κ1) is 21.6. The summed E-state index contributed by atoms with van der Waals surface area (Å²) >= 11 is 0.